The highest BCUT2D eigenvalue weighted by atomic mass is 32.2. The van der Waals surface area contributed by atoms with E-state index in [4.69, 9.17) is 0 Å². The van der Waals surface area contributed by atoms with Crippen molar-refractivity contribution in [2.24, 2.45) is 0 Å². The highest BCUT2D eigenvalue weighted by Gasteiger charge is 2.16. The number of hydrogen-bond donors (Lipinski definition) is 5. The van der Waals surface area contributed by atoms with E-state index in [0.29, 0.717) is 16.8 Å². The molecule has 8 heteroatoms. The SMILES string of the molecule is C=C/C(=C\C=C(/C=C)[SH](=O)=O)C(CO)NC(=O)c1ccc2[nH]c(CO)cc2c1. The van der Waals surface area contributed by atoms with E-state index in [1.807, 2.05) is 0 Å². The van der Waals surface area contributed by atoms with Gasteiger partial charge in [0.15, 0.2) is 10.7 Å². The molecular weight excluding hydrogens is 380 g/mol. The number of thiol groups is 1. The number of aromatic nitrogens is 1. The number of aliphatic hydroxyl groups excluding tert-OH is 2. The van der Waals surface area contributed by atoms with Crippen LogP contribution in [-0.4, -0.2) is 42.2 Å². The maximum atomic E-state index is 12.6. The molecule has 0 aliphatic carbocycles. The van der Waals surface area contributed by atoms with E-state index in [0.717, 1.165) is 10.9 Å². The largest absolute Gasteiger partial charge is 0.394 e. The van der Waals surface area contributed by atoms with Crippen LogP contribution in [0.3, 0.4) is 0 Å². The number of aliphatic hydroxyl groups is 2. The number of amides is 1. The molecule has 2 rings (SSSR count). The van der Waals surface area contributed by atoms with Gasteiger partial charge in [0, 0.05) is 22.2 Å². The molecule has 7 nitrogen and oxygen atoms in total. The first-order chi connectivity index (χ1) is 13.4. The number of allylic oxidation sites excluding steroid dienone is 3. The van der Waals surface area contributed by atoms with Gasteiger partial charge < -0.3 is 20.5 Å². The van der Waals surface area contributed by atoms with E-state index in [9.17, 15) is 23.4 Å². The summed E-state index contributed by atoms with van der Waals surface area (Å²) in [5.74, 6) is -0.414. The highest BCUT2D eigenvalue weighted by Crippen LogP contribution is 2.18. The summed E-state index contributed by atoms with van der Waals surface area (Å²) in [5.41, 5.74) is 2.25. The van der Waals surface area contributed by atoms with Crippen LogP contribution in [0.1, 0.15) is 16.1 Å². The van der Waals surface area contributed by atoms with Crippen molar-refractivity contribution >= 4 is 27.5 Å². The molecule has 148 valence electrons. The van der Waals surface area contributed by atoms with E-state index in [-0.39, 0.29) is 11.5 Å². The van der Waals surface area contributed by atoms with Crippen molar-refractivity contribution in [1.29, 1.82) is 0 Å². The van der Waals surface area contributed by atoms with E-state index < -0.39 is 29.3 Å². The zero-order valence-electron chi connectivity index (χ0n) is 15.1. The Bertz CT molecular complexity index is 1020. The summed E-state index contributed by atoms with van der Waals surface area (Å²) < 4.78 is 22.1. The second-order valence-corrected chi connectivity index (χ2v) is 6.92. The van der Waals surface area contributed by atoms with Crippen molar-refractivity contribution in [3.05, 3.63) is 83.5 Å². The minimum Gasteiger partial charge on any atom is -0.394 e. The molecule has 0 bridgehead atoms. The van der Waals surface area contributed by atoms with Gasteiger partial charge in [-0.2, -0.15) is 0 Å². The second kappa shape index (κ2) is 9.84. The van der Waals surface area contributed by atoms with Crippen LogP contribution in [0.2, 0.25) is 0 Å². The lowest BCUT2D eigenvalue weighted by atomic mass is 10.1. The van der Waals surface area contributed by atoms with E-state index in [1.54, 1.807) is 24.3 Å². The summed E-state index contributed by atoms with van der Waals surface area (Å²) in [7, 11) is -2.80. The molecule has 4 N–H and O–H groups in total. The Morgan fingerprint density at radius 1 is 1.18 bits per heavy atom. The molecule has 0 aliphatic rings. The predicted octanol–water partition coefficient (Wildman–Crippen LogP) is 1.54. The van der Waals surface area contributed by atoms with Crippen LogP contribution in [0.15, 0.2) is 72.2 Å². The zero-order valence-corrected chi connectivity index (χ0v) is 16.0. The van der Waals surface area contributed by atoms with Crippen molar-refractivity contribution in [1.82, 2.24) is 10.3 Å². The molecule has 0 radical (unpaired) electrons. The minimum absolute atomic E-state index is 0.00923. The van der Waals surface area contributed by atoms with Crippen LogP contribution in [0.25, 0.3) is 10.9 Å². The quantitative estimate of drug-likeness (QED) is 0.322. The summed E-state index contributed by atoms with van der Waals surface area (Å²) in [5, 5.41) is 22.3. The van der Waals surface area contributed by atoms with Crippen LogP contribution in [0.5, 0.6) is 0 Å². The summed E-state index contributed by atoms with van der Waals surface area (Å²) in [6, 6.07) is 6.00. The van der Waals surface area contributed by atoms with E-state index in [2.05, 4.69) is 23.5 Å². The summed E-state index contributed by atoms with van der Waals surface area (Å²) in [4.78, 5) is 15.6. The van der Waals surface area contributed by atoms with Crippen molar-refractivity contribution in [2.75, 3.05) is 6.61 Å². The van der Waals surface area contributed by atoms with Gasteiger partial charge in [0.05, 0.1) is 24.2 Å². The van der Waals surface area contributed by atoms with Crippen LogP contribution in [-0.2, 0) is 17.3 Å². The molecule has 0 aliphatic heterocycles. The summed E-state index contributed by atoms with van der Waals surface area (Å²) in [6.07, 6.45) is 5.41. The third-order valence-corrected chi connectivity index (χ3v) is 4.85. The number of carbonyl (C=O) groups excluding carboxylic acids is 1. The molecule has 0 fully saturated rings. The van der Waals surface area contributed by atoms with Gasteiger partial charge in [-0.25, -0.2) is 8.42 Å². The zero-order chi connectivity index (χ0) is 20.7. The van der Waals surface area contributed by atoms with Crippen LogP contribution in [0, 0.1) is 0 Å². The first-order valence-electron chi connectivity index (χ1n) is 8.38. The van der Waals surface area contributed by atoms with Crippen molar-refractivity contribution < 1.29 is 23.4 Å². The van der Waals surface area contributed by atoms with Gasteiger partial charge in [0.1, 0.15) is 0 Å². The topological polar surface area (TPSA) is 119 Å². The minimum atomic E-state index is -2.80. The molecule has 1 atom stereocenters. The smallest absolute Gasteiger partial charge is 0.251 e. The molecule has 1 amide bonds. The third kappa shape index (κ3) is 5.07. The monoisotopic (exact) mass is 402 g/mol. The molecule has 0 saturated carbocycles. The second-order valence-electron chi connectivity index (χ2n) is 5.89. The van der Waals surface area contributed by atoms with E-state index >= 15 is 0 Å². The Hall–Kier alpha value is -2.94. The number of H-pyrrole nitrogens is 1. The number of hydrogen-bond acceptors (Lipinski definition) is 5. The number of fused-ring (bicyclic) bond motifs is 1. The Morgan fingerprint density at radius 2 is 1.93 bits per heavy atom. The number of carbonyl (C=O) groups is 1. The van der Waals surface area contributed by atoms with Crippen molar-refractivity contribution in [3.8, 4) is 0 Å². The molecule has 0 saturated heterocycles. The fourth-order valence-corrected chi connectivity index (χ4v) is 2.95. The maximum Gasteiger partial charge on any atom is 0.251 e. The van der Waals surface area contributed by atoms with Gasteiger partial charge in [-0.15, -0.1) is 0 Å². The standard InChI is InChI=1S/C20H22N2O5S/c1-3-13(5-7-17(4-2)28(26)27)19(12-24)22-20(25)14-6-8-18-15(9-14)10-16(11-23)21-18/h3-10,19,21,23-24,28H,1-2,11-12H2,(H,22,25)/b13-5+,17-7+. The number of nitrogens with one attached hydrogen (secondary N) is 2. The van der Waals surface area contributed by atoms with Crippen LogP contribution in [0.4, 0.5) is 0 Å². The molecule has 2 aromatic rings. The fourth-order valence-electron chi connectivity index (χ4n) is 2.61. The van der Waals surface area contributed by atoms with Gasteiger partial charge in [0.25, 0.3) is 5.91 Å². The Kier molecular flexibility index (Phi) is 7.51. The number of benzene rings is 1. The van der Waals surface area contributed by atoms with Crippen molar-refractivity contribution in [3.63, 3.8) is 0 Å². The normalized spacial score (nSPS) is 13.5. The van der Waals surface area contributed by atoms with Gasteiger partial charge >= 0.3 is 0 Å². The molecule has 1 aromatic heterocycles. The van der Waals surface area contributed by atoms with Gasteiger partial charge in [0.2, 0.25) is 0 Å². The molecule has 1 aromatic carbocycles. The van der Waals surface area contributed by atoms with Gasteiger partial charge in [-0.05, 0) is 35.9 Å². The average Bonchev–Trinajstić information content (AvgIpc) is 3.12. The maximum absolute atomic E-state index is 12.6. The van der Waals surface area contributed by atoms with Crippen LogP contribution < -0.4 is 5.32 Å². The lowest BCUT2D eigenvalue weighted by Crippen LogP contribution is -2.38. The molecule has 1 heterocycles. The van der Waals surface area contributed by atoms with Crippen molar-refractivity contribution in [2.45, 2.75) is 12.6 Å². The highest BCUT2D eigenvalue weighted by molar-refractivity contribution is 7.77. The molecule has 28 heavy (non-hydrogen) atoms. The predicted molar refractivity (Wildman–Crippen MR) is 109 cm³/mol. The lowest BCUT2D eigenvalue weighted by Gasteiger charge is -2.17. The summed E-state index contributed by atoms with van der Waals surface area (Å²) >= 11 is 0. The molecule has 0 spiro atoms. The number of rotatable bonds is 9. The third-order valence-electron chi connectivity index (χ3n) is 4.10. The average molecular weight is 402 g/mol. The Labute approximate surface area is 164 Å². The summed E-state index contributed by atoms with van der Waals surface area (Å²) in [6.45, 7) is 6.54. The van der Waals surface area contributed by atoms with Crippen LogP contribution >= 0.6 is 0 Å². The lowest BCUT2D eigenvalue weighted by molar-refractivity contribution is 0.0927. The molecular formula is C20H22N2O5S. The molecule has 1 unspecified atom stereocenters. The van der Waals surface area contributed by atoms with Gasteiger partial charge in [-0.1, -0.05) is 31.4 Å². The Morgan fingerprint density at radius 3 is 2.50 bits per heavy atom. The van der Waals surface area contributed by atoms with Gasteiger partial charge in [-0.3, -0.25) is 4.79 Å². The number of aromatic amines is 1. The van der Waals surface area contributed by atoms with E-state index in [1.165, 1.54) is 24.3 Å². The first-order valence-corrected chi connectivity index (χ1v) is 9.56. The fraction of sp³-hybridized carbons (Fsp3) is 0.150. The Balaban J connectivity index is 2.25. The first kappa shape index (κ1) is 21.4.